The lowest BCUT2D eigenvalue weighted by molar-refractivity contribution is 0.580. The van der Waals surface area contributed by atoms with Gasteiger partial charge in [0.05, 0.1) is 0 Å². The summed E-state index contributed by atoms with van der Waals surface area (Å²) in [7, 11) is 0. The molecule has 4 aromatic rings. The van der Waals surface area contributed by atoms with Crippen LogP contribution in [0.2, 0.25) is 0 Å². The zero-order chi connectivity index (χ0) is 20.8. The van der Waals surface area contributed by atoms with Crippen LogP contribution in [0.1, 0.15) is 30.9 Å². The summed E-state index contributed by atoms with van der Waals surface area (Å²) in [5.41, 5.74) is 10.7. The molecule has 0 fully saturated rings. The van der Waals surface area contributed by atoms with Crippen LogP contribution in [0.15, 0.2) is 59.9 Å². The molecule has 0 amide bonds. The minimum absolute atomic E-state index is 0.714. The minimum Gasteiger partial charge on any atom is -0.361 e. The Balaban J connectivity index is 1.50. The number of aromatic nitrogens is 4. The summed E-state index contributed by atoms with van der Waals surface area (Å²) < 4.78 is 2.26. The summed E-state index contributed by atoms with van der Waals surface area (Å²) in [5, 5.41) is 11.4. The molecule has 30 heavy (non-hydrogen) atoms. The number of aromatic amines is 1. The zero-order valence-corrected chi connectivity index (χ0v) is 18.3. The van der Waals surface area contributed by atoms with Crippen LogP contribution in [0.5, 0.6) is 0 Å². The van der Waals surface area contributed by atoms with E-state index < -0.39 is 0 Å². The summed E-state index contributed by atoms with van der Waals surface area (Å²) in [6, 6.07) is 17.1. The second-order valence-electron chi connectivity index (χ2n) is 7.46. The highest BCUT2D eigenvalue weighted by Gasteiger charge is 2.14. The SMILES string of the molecule is CCc1ccc(-c2nnc(SCCc3c[nH]c4ccccc34)n2CCCCN)cc1. The van der Waals surface area contributed by atoms with Gasteiger partial charge in [0.1, 0.15) is 0 Å². The van der Waals surface area contributed by atoms with Gasteiger partial charge in [-0.3, -0.25) is 0 Å². The molecule has 4 rings (SSSR count). The topological polar surface area (TPSA) is 72.5 Å². The van der Waals surface area contributed by atoms with Gasteiger partial charge in [0, 0.05) is 35.0 Å². The maximum Gasteiger partial charge on any atom is 0.191 e. The number of fused-ring (bicyclic) bond motifs is 1. The quantitative estimate of drug-likeness (QED) is 0.278. The molecular formula is C24H29N5S. The number of nitrogens with one attached hydrogen (secondary N) is 1. The third-order valence-electron chi connectivity index (χ3n) is 5.45. The molecule has 0 aliphatic heterocycles. The van der Waals surface area contributed by atoms with Gasteiger partial charge >= 0.3 is 0 Å². The number of hydrogen-bond acceptors (Lipinski definition) is 4. The lowest BCUT2D eigenvalue weighted by atomic mass is 10.1. The first kappa shape index (κ1) is 20.7. The van der Waals surface area contributed by atoms with Crippen molar-refractivity contribution in [3.05, 3.63) is 65.9 Å². The van der Waals surface area contributed by atoms with Crippen LogP contribution in [-0.2, 0) is 19.4 Å². The Kier molecular flexibility index (Phi) is 6.87. The van der Waals surface area contributed by atoms with E-state index in [2.05, 4.69) is 81.4 Å². The van der Waals surface area contributed by atoms with E-state index in [1.54, 1.807) is 11.8 Å². The molecule has 0 aliphatic carbocycles. The fraction of sp³-hybridized carbons (Fsp3) is 0.333. The van der Waals surface area contributed by atoms with E-state index in [1.165, 1.54) is 22.0 Å². The Morgan fingerprint density at radius 3 is 2.67 bits per heavy atom. The molecular weight excluding hydrogens is 390 g/mol. The van der Waals surface area contributed by atoms with Crippen molar-refractivity contribution in [2.45, 2.75) is 44.3 Å². The first-order valence-electron chi connectivity index (χ1n) is 10.7. The van der Waals surface area contributed by atoms with Crippen LogP contribution in [-0.4, -0.2) is 32.0 Å². The average Bonchev–Trinajstić information content (AvgIpc) is 3.39. The highest BCUT2D eigenvalue weighted by Crippen LogP contribution is 2.27. The van der Waals surface area contributed by atoms with Crippen LogP contribution in [0.4, 0.5) is 0 Å². The molecule has 5 nitrogen and oxygen atoms in total. The van der Waals surface area contributed by atoms with Crippen molar-refractivity contribution in [3.63, 3.8) is 0 Å². The van der Waals surface area contributed by atoms with Crippen molar-refractivity contribution in [3.8, 4) is 11.4 Å². The largest absolute Gasteiger partial charge is 0.361 e. The van der Waals surface area contributed by atoms with Crippen LogP contribution < -0.4 is 5.73 Å². The third-order valence-corrected chi connectivity index (χ3v) is 6.42. The minimum atomic E-state index is 0.714. The first-order valence-corrected chi connectivity index (χ1v) is 11.7. The molecule has 0 aliphatic rings. The Morgan fingerprint density at radius 1 is 1.03 bits per heavy atom. The third kappa shape index (κ3) is 4.60. The van der Waals surface area contributed by atoms with Gasteiger partial charge in [0.2, 0.25) is 0 Å². The van der Waals surface area contributed by atoms with Gasteiger partial charge in [-0.2, -0.15) is 0 Å². The molecule has 0 spiro atoms. The van der Waals surface area contributed by atoms with E-state index in [4.69, 9.17) is 5.73 Å². The second-order valence-corrected chi connectivity index (χ2v) is 8.52. The van der Waals surface area contributed by atoms with Crippen molar-refractivity contribution in [1.82, 2.24) is 19.7 Å². The summed E-state index contributed by atoms with van der Waals surface area (Å²) in [5.74, 6) is 1.91. The maximum atomic E-state index is 5.72. The Labute approximate surface area is 182 Å². The number of aryl methyl sites for hydroxylation is 2. The van der Waals surface area contributed by atoms with Crippen molar-refractivity contribution < 1.29 is 0 Å². The molecule has 6 heteroatoms. The van der Waals surface area contributed by atoms with Gasteiger partial charge in [-0.05, 0) is 49.4 Å². The molecule has 156 valence electrons. The molecule has 0 bridgehead atoms. The molecule has 0 atom stereocenters. The normalized spacial score (nSPS) is 11.4. The predicted molar refractivity (Wildman–Crippen MR) is 126 cm³/mol. The van der Waals surface area contributed by atoms with Gasteiger partial charge in [-0.15, -0.1) is 10.2 Å². The molecule has 0 saturated heterocycles. The molecule has 2 aromatic carbocycles. The second kappa shape index (κ2) is 9.96. The van der Waals surface area contributed by atoms with Gasteiger partial charge < -0.3 is 15.3 Å². The van der Waals surface area contributed by atoms with Gasteiger partial charge in [-0.25, -0.2) is 0 Å². The molecule has 0 saturated carbocycles. The number of hydrogen-bond donors (Lipinski definition) is 2. The van der Waals surface area contributed by atoms with Crippen molar-refractivity contribution in [1.29, 1.82) is 0 Å². The molecule has 0 unspecified atom stereocenters. The molecule has 2 aromatic heterocycles. The van der Waals surface area contributed by atoms with E-state index in [-0.39, 0.29) is 0 Å². The standard InChI is InChI=1S/C24H29N5S/c1-2-18-9-11-19(12-10-18)23-27-28-24(29(23)15-6-5-14-25)30-16-13-20-17-26-22-8-4-3-7-21(20)22/h3-4,7-12,17,26H,2,5-6,13-16,25H2,1H3. The number of nitrogens with two attached hydrogens (primary N) is 1. The van der Waals surface area contributed by atoms with Crippen molar-refractivity contribution >= 4 is 22.7 Å². The number of thioether (sulfide) groups is 1. The number of H-pyrrole nitrogens is 1. The van der Waals surface area contributed by atoms with Crippen molar-refractivity contribution in [2.75, 3.05) is 12.3 Å². The van der Waals surface area contributed by atoms with Crippen LogP contribution in [0.3, 0.4) is 0 Å². The number of rotatable bonds is 10. The van der Waals surface area contributed by atoms with Crippen LogP contribution in [0.25, 0.3) is 22.3 Å². The van der Waals surface area contributed by atoms with Crippen molar-refractivity contribution in [2.24, 2.45) is 5.73 Å². The lowest BCUT2D eigenvalue weighted by Crippen LogP contribution is -2.06. The van der Waals surface area contributed by atoms with Crippen LogP contribution >= 0.6 is 11.8 Å². The van der Waals surface area contributed by atoms with E-state index in [1.807, 2.05) is 0 Å². The van der Waals surface area contributed by atoms with Gasteiger partial charge in [-0.1, -0.05) is 61.2 Å². The van der Waals surface area contributed by atoms with E-state index in [0.717, 1.165) is 54.5 Å². The Bertz CT molecular complexity index is 1080. The summed E-state index contributed by atoms with van der Waals surface area (Å²) in [4.78, 5) is 3.36. The smallest absolute Gasteiger partial charge is 0.191 e. The predicted octanol–water partition coefficient (Wildman–Crippen LogP) is 5.06. The first-order chi connectivity index (χ1) is 14.8. The Hall–Kier alpha value is -2.57. The number of benzene rings is 2. The lowest BCUT2D eigenvalue weighted by Gasteiger charge is -2.10. The van der Waals surface area contributed by atoms with Crippen LogP contribution in [0, 0.1) is 0 Å². The van der Waals surface area contributed by atoms with Gasteiger partial charge in [0.15, 0.2) is 11.0 Å². The highest BCUT2D eigenvalue weighted by atomic mass is 32.2. The fourth-order valence-electron chi connectivity index (χ4n) is 3.71. The van der Waals surface area contributed by atoms with E-state index in [0.29, 0.717) is 6.54 Å². The molecule has 3 N–H and O–H groups in total. The molecule has 2 heterocycles. The van der Waals surface area contributed by atoms with Gasteiger partial charge in [0.25, 0.3) is 0 Å². The monoisotopic (exact) mass is 419 g/mol. The van der Waals surface area contributed by atoms with E-state index >= 15 is 0 Å². The zero-order valence-electron chi connectivity index (χ0n) is 17.5. The summed E-state index contributed by atoms with van der Waals surface area (Å²) in [6.45, 7) is 3.78. The number of unbranched alkanes of at least 4 members (excludes halogenated alkanes) is 1. The Morgan fingerprint density at radius 2 is 1.87 bits per heavy atom. The van der Waals surface area contributed by atoms with E-state index in [9.17, 15) is 0 Å². The fourth-order valence-corrected chi connectivity index (χ4v) is 4.64. The maximum absolute atomic E-state index is 5.72. The summed E-state index contributed by atoms with van der Waals surface area (Å²) in [6.07, 6.45) is 6.19. The number of nitrogens with zero attached hydrogens (tertiary/aromatic N) is 3. The average molecular weight is 420 g/mol. The highest BCUT2D eigenvalue weighted by molar-refractivity contribution is 7.99. The molecule has 0 radical (unpaired) electrons. The summed E-state index contributed by atoms with van der Waals surface area (Å²) >= 11 is 1.78. The number of para-hydroxylation sites is 1.